The van der Waals surface area contributed by atoms with Gasteiger partial charge in [0.25, 0.3) is 15.9 Å². The first-order valence-electron chi connectivity index (χ1n) is 11.5. The molecule has 12 heteroatoms. The van der Waals surface area contributed by atoms with E-state index in [4.69, 9.17) is 23.2 Å². The summed E-state index contributed by atoms with van der Waals surface area (Å²) in [5.41, 5.74) is 1.53. The van der Waals surface area contributed by atoms with Gasteiger partial charge in [0.2, 0.25) is 10.0 Å². The highest BCUT2D eigenvalue weighted by Gasteiger charge is 2.24. The molecule has 0 unspecified atom stereocenters. The lowest BCUT2D eigenvalue weighted by atomic mass is 10.1. The van der Waals surface area contributed by atoms with E-state index in [1.807, 2.05) is 0 Å². The van der Waals surface area contributed by atoms with Gasteiger partial charge in [-0.15, -0.1) is 0 Å². The lowest BCUT2D eigenvalue weighted by Gasteiger charge is -2.25. The number of carbonyl (C=O) groups is 1. The molecule has 4 rings (SSSR count). The zero-order valence-corrected chi connectivity index (χ0v) is 22.8. The van der Waals surface area contributed by atoms with Gasteiger partial charge in [-0.3, -0.25) is 9.52 Å². The molecule has 0 aliphatic carbocycles. The second-order valence-electron chi connectivity index (χ2n) is 8.62. The number of piperidine rings is 1. The van der Waals surface area contributed by atoms with Crippen LogP contribution in [0, 0.1) is 0 Å². The number of anilines is 2. The van der Waals surface area contributed by atoms with Gasteiger partial charge in [0.1, 0.15) is 0 Å². The summed E-state index contributed by atoms with van der Waals surface area (Å²) >= 11 is 11.9. The van der Waals surface area contributed by atoms with Gasteiger partial charge in [-0.1, -0.05) is 41.8 Å². The van der Waals surface area contributed by atoms with Gasteiger partial charge >= 0.3 is 0 Å². The monoisotopic (exact) mass is 581 g/mol. The number of amides is 1. The number of rotatable bonds is 8. The molecule has 1 amide bonds. The summed E-state index contributed by atoms with van der Waals surface area (Å²) in [6, 6.07) is 16.4. The van der Waals surface area contributed by atoms with E-state index >= 15 is 0 Å². The Morgan fingerprint density at radius 1 is 0.838 bits per heavy atom. The van der Waals surface area contributed by atoms with Crippen molar-refractivity contribution in [3.63, 3.8) is 0 Å². The van der Waals surface area contributed by atoms with E-state index in [-0.39, 0.29) is 21.4 Å². The summed E-state index contributed by atoms with van der Waals surface area (Å²) in [6.07, 6.45) is 2.79. The maximum atomic E-state index is 12.7. The minimum absolute atomic E-state index is 0.0178. The molecule has 3 aromatic rings. The number of sulfonamides is 2. The predicted molar refractivity (Wildman–Crippen MR) is 146 cm³/mol. The van der Waals surface area contributed by atoms with E-state index in [1.54, 1.807) is 24.3 Å². The highest BCUT2D eigenvalue weighted by atomic mass is 35.5. The van der Waals surface area contributed by atoms with E-state index in [2.05, 4.69) is 10.0 Å². The molecule has 1 saturated heterocycles. The Hall–Kier alpha value is -2.63. The molecule has 8 nitrogen and oxygen atoms in total. The van der Waals surface area contributed by atoms with Crippen molar-refractivity contribution in [1.29, 1.82) is 0 Å². The van der Waals surface area contributed by atoms with Crippen LogP contribution in [0.3, 0.4) is 0 Å². The van der Waals surface area contributed by atoms with Gasteiger partial charge in [-0.25, -0.2) is 21.1 Å². The number of nitrogens with one attached hydrogen (secondary N) is 2. The molecule has 37 heavy (non-hydrogen) atoms. The molecule has 196 valence electrons. The van der Waals surface area contributed by atoms with E-state index in [0.29, 0.717) is 34.9 Å². The van der Waals surface area contributed by atoms with Crippen LogP contribution in [-0.4, -0.2) is 40.1 Å². The van der Waals surface area contributed by atoms with Gasteiger partial charge in [0, 0.05) is 29.4 Å². The maximum absolute atomic E-state index is 12.7. The maximum Gasteiger partial charge on any atom is 0.261 e. The second-order valence-corrected chi connectivity index (χ2v) is 13.1. The topological polar surface area (TPSA) is 113 Å². The number of hydrogen-bond donors (Lipinski definition) is 2. The van der Waals surface area contributed by atoms with Crippen molar-refractivity contribution in [2.75, 3.05) is 23.1 Å². The molecule has 1 fully saturated rings. The molecule has 1 aliphatic heterocycles. The third-order valence-electron chi connectivity index (χ3n) is 5.87. The molecule has 2 N–H and O–H groups in total. The van der Waals surface area contributed by atoms with E-state index < -0.39 is 26.0 Å². The Kier molecular flexibility index (Phi) is 8.45. The highest BCUT2D eigenvalue weighted by molar-refractivity contribution is 7.92. The van der Waals surface area contributed by atoms with Gasteiger partial charge < -0.3 is 5.32 Å². The molecular formula is C25H25Cl2N3O5S2. The largest absolute Gasteiger partial charge is 0.322 e. The van der Waals surface area contributed by atoms with Crippen LogP contribution in [-0.2, 0) is 25.8 Å². The first-order valence-corrected chi connectivity index (χ1v) is 15.3. The average molecular weight is 583 g/mol. The second kappa shape index (κ2) is 11.4. The molecule has 3 aromatic carbocycles. The molecule has 0 radical (unpaired) electrons. The molecule has 1 heterocycles. The molecule has 1 aliphatic rings. The van der Waals surface area contributed by atoms with Crippen molar-refractivity contribution in [3.8, 4) is 0 Å². The first-order chi connectivity index (χ1) is 17.5. The minimum Gasteiger partial charge on any atom is -0.322 e. The number of nitrogens with zero attached hydrogens (tertiary/aromatic N) is 1. The molecule has 0 bridgehead atoms. The number of halogens is 2. The quantitative estimate of drug-likeness (QED) is 0.371. The number of benzene rings is 3. The molecule has 0 spiro atoms. The van der Waals surface area contributed by atoms with Gasteiger partial charge in [0.05, 0.1) is 21.4 Å². The molecular weight excluding hydrogens is 557 g/mol. The third-order valence-corrected chi connectivity index (χ3v) is 9.65. The van der Waals surface area contributed by atoms with Crippen LogP contribution in [0.1, 0.15) is 35.2 Å². The summed E-state index contributed by atoms with van der Waals surface area (Å²) in [6.45, 7) is 1.10. The summed E-state index contributed by atoms with van der Waals surface area (Å²) in [5.74, 6) is -0.521. The highest BCUT2D eigenvalue weighted by Crippen LogP contribution is 2.28. The van der Waals surface area contributed by atoms with Crippen molar-refractivity contribution in [3.05, 3.63) is 87.9 Å². The van der Waals surface area contributed by atoms with Crippen molar-refractivity contribution < 1.29 is 21.6 Å². The van der Waals surface area contributed by atoms with Crippen LogP contribution < -0.4 is 10.0 Å². The standard InChI is InChI=1S/C25H25Cl2N3O5S2/c26-20-8-13-24(23(27)16-20)29-37(34,35)22-11-9-21(10-12-22)28-25(31)19-6-4-18(5-7-19)17-36(32,33)30-14-2-1-3-15-30/h4-13,16,29H,1-3,14-15,17H2,(H,28,31). The fraction of sp³-hybridized carbons (Fsp3) is 0.240. The van der Waals surface area contributed by atoms with Crippen LogP contribution in [0.4, 0.5) is 11.4 Å². The van der Waals surface area contributed by atoms with Crippen LogP contribution in [0.25, 0.3) is 0 Å². The summed E-state index contributed by atoms with van der Waals surface area (Å²) < 4.78 is 54.6. The Bertz CT molecular complexity index is 1490. The van der Waals surface area contributed by atoms with Crippen molar-refractivity contribution in [2.45, 2.75) is 29.9 Å². The molecule has 0 atom stereocenters. The van der Waals surface area contributed by atoms with Crippen molar-refractivity contribution in [2.24, 2.45) is 0 Å². The van der Waals surface area contributed by atoms with E-state index in [0.717, 1.165) is 19.3 Å². The number of carbonyl (C=O) groups excluding carboxylic acids is 1. The number of hydrogen-bond acceptors (Lipinski definition) is 5. The zero-order valence-electron chi connectivity index (χ0n) is 19.7. The summed E-state index contributed by atoms with van der Waals surface area (Å²) in [7, 11) is -7.31. The predicted octanol–water partition coefficient (Wildman–Crippen LogP) is 5.36. The Balaban J connectivity index is 1.38. The van der Waals surface area contributed by atoms with Gasteiger partial charge in [-0.2, -0.15) is 0 Å². The Labute approximate surface area is 226 Å². The normalized spacial score (nSPS) is 14.8. The van der Waals surface area contributed by atoms with E-state index in [1.165, 1.54) is 46.8 Å². The van der Waals surface area contributed by atoms with Gasteiger partial charge in [0.15, 0.2) is 0 Å². The SMILES string of the molecule is O=C(Nc1ccc(S(=O)(=O)Nc2ccc(Cl)cc2Cl)cc1)c1ccc(CS(=O)(=O)N2CCCCC2)cc1. The first kappa shape index (κ1) is 27.4. The average Bonchev–Trinajstić information content (AvgIpc) is 2.87. The van der Waals surface area contributed by atoms with Crippen LogP contribution in [0.15, 0.2) is 71.6 Å². The van der Waals surface area contributed by atoms with Crippen molar-refractivity contribution >= 4 is 60.5 Å². The van der Waals surface area contributed by atoms with Gasteiger partial charge in [-0.05, 0) is 73.0 Å². The molecule has 0 saturated carbocycles. The minimum atomic E-state index is -3.92. The summed E-state index contributed by atoms with van der Waals surface area (Å²) in [4.78, 5) is 12.6. The lowest BCUT2D eigenvalue weighted by molar-refractivity contribution is 0.102. The fourth-order valence-electron chi connectivity index (χ4n) is 3.89. The van der Waals surface area contributed by atoms with E-state index in [9.17, 15) is 21.6 Å². The third kappa shape index (κ3) is 7.03. The summed E-state index contributed by atoms with van der Waals surface area (Å²) in [5, 5.41) is 3.25. The smallest absolute Gasteiger partial charge is 0.261 e. The zero-order chi connectivity index (χ0) is 26.6. The van der Waals surface area contributed by atoms with Crippen LogP contribution in [0.2, 0.25) is 10.0 Å². The Morgan fingerprint density at radius 3 is 2.11 bits per heavy atom. The lowest BCUT2D eigenvalue weighted by Crippen LogP contribution is -2.36. The molecule has 0 aromatic heterocycles. The van der Waals surface area contributed by atoms with Crippen LogP contribution in [0.5, 0.6) is 0 Å². The Morgan fingerprint density at radius 2 is 1.49 bits per heavy atom. The van der Waals surface area contributed by atoms with Crippen LogP contribution >= 0.6 is 23.2 Å². The van der Waals surface area contributed by atoms with Crippen molar-refractivity contribution in [1.82, 2.24) is 4.31 Å². The fourth-order valence-corrected chi connectivity index (χ4v) is 7.10.